The average molecular weight is 341 g/mol. The molecule has 0 atom stereocenters. The van der Waals surface area contributed by atoms with Crippen molar-refractivity contribution in [1.29, 1.82) is 0 Å². The van der Waals surface area contributed by atoms with Crippen LogP contribution in [0.3, 0.4) is 0 Å². The molecule has 0 bridgehead atoms. The Bertz CT molecular complexity index is 679. The monoisotopic (exact) mass is 340 g/mol. The van der Waals surface area contributed by atoms with E-state index in [0.29, 0.717) is 4.88 Å². The lowest BCUT2D eigenvalue weighted by Gasteiger charge is -2.25. The highest BCUT2D eigenvalue weighted by molar-refractivity contribution is 7.18. The number of esters is 1. The van der Waals surface area contributed by atoms with Crippen LogP contribution in [0.25, 0.3) is 5.57 Å². The number of ether oxygens (including phenoxy) is 1. The van der Waals surface area contributed by atoms with Gasteiger partial charge in [0.15, 0.2) is 15.2 Å². The number of hydrogen-bond donors (Lipinski definition) is 0. The molecule has 0 amide bonds. The number of aromatic nitrogens is 1. The van der Waals surface area contributed by atoms with Crippen LogP contribution in [0.4, 0.5) is 5.13 Å². The maximum absolute atomic E-state index is 11.6. The third-order valence-corrected chi connectivity index (χ3v) is 5.69. The topological polar surface area (TPSA) is 42.4 Å². The Morgan fingerprint density at radius 1 is 1.52 bits per heavy atom. The van der Waals surface area contributed by atoms with Crippen molar-refractivity contribution in [2.45, 2.75) is 6.42 Å². The highest BCUT2D eigenvalue weighted by atomic mass is 35.5. The van der Waals surface area contributed by atoms with Gasteiger partial charge in [0.1, 0.15) is 0 Å². The standard InChI is InChI=1S/C14H13ClN2O2S2/c1-19-13(18)11-12(15)16-14(21-11)17-6-4-9(5-7-17)10-3-2-8-20-10/h2-4,8H,5-7H2,1H3. The Hall–Kier alpha value is -1.37. The zero-order chi connectivity index (χ0) is 14.8. The van der Waals surface area contributed by atoms with Crippen LogP contribution in [-0.4, -0.2) is 31.2 Å². The van der Waals surface area contributed by atoms with Crippen LogP contribution < -0.4 is 4.90 Å². The molecule has 2 aromatic rings. The normalized spacial score (nSPS) is 15.0. The van der Waals surface area contributed by atoms with E-state index in [2.05, 4.69) is 33.5 Å². The van der Waals surface area contributed by atoms with Crippen molar-refractivity contribution < 1.29 is 9.53 Å². The summed E-state index contributed by atoms with van der Waals surface area (Å²) in [5.74, 6) is -0.435. The van der Waals surface area contributed by atoms with E-state index in [-0.39, 0.29) is 5.15 Å². The fourth-order valence-corrected chi connectivity index (χ4v) is 4.20. The van der Waals surface area contributed by atoms with E-state index in [1.165, 1.54) is 28.9 Å². The van der Waals surface area contributed by atoms with Gasteiger partial charge in [0, 0.05) is 18.0 Å². The van der Waals surface area contributed by atoms with E-state index < -0.39 is 5.97 Å². The minimum atomic E-state index is -0.435. The smallest absolute Gasteiger partial charge is 0.351 e. The van der Waals surface area contributed by atoms with Gasteiger partial charge in [-0.1, -0.05) is 35.1 Å². The van der Waals surface area contributed by atoms with Crippen molar-refractivity contribution >= 4 is 50.9 Å². The zero-order valence-electron chi connectivity index (χ0n) is 11.3. The molecule has 1 aliphatic rings. The summed E-state index contributed by atoms with van der Waals surface area (Å²) in [6.07, 6.45) is 3.17. The summed E-state index contributed by atoms with van der Waals surface area (Å²) in [6, 6.07) is 4.21. The van der Waals surface area contributed by atoms with Crippen molar-refractivity contribution in [3.05, 3.63) is 38.5 Å². The van der Waals surface area contributed by atoms with Crippen LogP contribution >= 0.6 is 34.3 Å². The molecular weight excluding hydrogens is 328 g/mol. The molecule has 3 heterocycles. The molecule has 0 spiro atoms. The minimum absolute atomic E-state index is 0.217. The molecular formula is C14H13ClN2O2S2. The summed E-state index contributed by atoms with van der Waals surface area (Å²) in [5.41, 5.74) is 1.37. The molecule has 110 valence electrons. The number of anilines is 1. The maximum atomic E-state index is 11.6. The lowest BCUT2D eigenvalue weighted by atomic mass is 10.1. The first-order valence-corrected chi connectivity index (χ1v) is 8.49. The van der Waals surface area contributed by atoms with Gasteiger partial charge >= 0.3 is 5.97 Å². The van der Waals surface area contributed by atoms with Crippen molar-refractivity contribution in [2.24, 2.45) is 0 Å². The van der Waals surface area contributed by atoms with Crippen LogP contribution in [0.2, 0.25) is 5.15 Å². The lowest BCUT2D eigenvalue weighted by Crippen LogP contribution is -2.27. The van der Waals surface area contributed by atoms with E-state index in [1.807, 2.05) is 0 Å². The Morgan fingerprint density at radius 2 is 2.38 bits per heavy atom. The molecule has 4 nitrogen and oxygen atoms in total. The molecule has 2 aromatic heterocycles. The minimum Gasteiger partial charge on any atom is -0.465 e. The number of carbonyl (C=O) groups is 1. The first-order chi connectivity index (χ1) is 10.2. The molecule has 0 unspecified atom stereocenters. The lowest BCUT2D eigenvalue weighted by molar-refractivity contribution is 0.0606. The molecule has 0 saturated carbocycles. The number of thiazole rings is 1. The van der Waals surface area contributed by atoms with Crippen LogP contribution in [0, 0.1) is 0 Å². The highest BCUT2D eigenvalue weighted by Gasteiger charge is 2.22. The molecule has 0 saturated heterocycles. The predicted molar refractivity (Wildman–Crippen MR) is 87.6 cm³/mol. The largest absolute Gasteiger partial charge is 0.465 e. The molecule has 0 aliphatic carbocycles. The second-order valence-electron chi connectivity index (χ2n) is 4.51. The van der Waals surface area contributed by atoms with Crippen LogP contribution in [0.5, 0.6) is 0 Å². The SMILES string of the molecule is COC(=O)c1sc(N2CC=C(c3cccs3)CC2)nc1Cl. The summed E-state index contributed by atoms with van der Waals surface area (Å²) in [6.45, 7) is 1.64. The third-order valence-electron chi connectivity index (χ3n) is 3.26. The summed E-state index contributed by atoms with van der Waals surface area (Å²) in [7, 11) is 1.34. The molecule has 0 N–H and O–H groups in total. The van der Waals surface area contributed by atoms with Crippen LogP contribution in [-0.2, 0) is 4.74 Å². The van der Waals surface area contributed by atoms with Gasteiger partial charge in [-0.3, -0.25) is 0 Å². The molecule has 0 fully saturated rings. The zero-order valence-corrected chi connectivity index (χ0v) is 13.7. The average Bonchev–Trinajstić information content (AvgIpc) is 3.16. The maximum Gasteiger partial charge on any atom is 0.351 e. The van der Waals surface area contributed by atoms with E-state index in [1.54, 1.807) is 11.3 Å². The third kappa shape index (κ3) is 2.97. The molecule has 1 aliphatic heterocycles. The number of halogens is 1. The number of hydrogen-bond acceptors (Lipinski definition) is 6. The fraction of sp³-hybridized carbons (Fsp3) is 0.286. The first-order valence-electron chi connectivity index (χ1n) is 6.41. The van der Waals surface area contributed by atoms with Gasteiger partial charge in [0.25, 0.3) is 0 Å². The molecule has 0 aromatic carbocycles. The number of carbonyl (C=O) groups excluding carboxylic acids is 1. The van der Waals surface area contributed by atoms with E-state index in [0.717, 1.165) is 24.6 Å². The summed E-state index contributed by atoms with van der Waals surface area (Å²) < 4.78 is 4.70. The van der Waals surface area contributed by atoms with Gasteiger partial charge in [0.05, 0.1) is 7.11 Å². The second-order valence-corrected chi connectivity index (χ2v) is 6.79. The van der Waals surface area contributed by atoms with Crippen molar-refractivity contribution in [1.82, 2.24) is 4.98 Å². The van der Waals surface area contributed by atoms with Gasteiger partial charge in [-0.15, -0.1) is 11.3 Å². The Balaban J connectivity index is 1.77. The molecule has 21 heavy (non-hydrogen) atoms. The fourth-order valence-electron chi connectivity index (χ4n) is 2.17. The van der Waals surface area contributed by atoms with Gasteiger partial charge in [-0.05, 0) is 23.4 Å². The van der Waals surface area contributed by atoms with Crippen molar-refractivity contribution in [3.63, 3.8) is 0 Å². The van der Waals surface area contributed by atoms with Crippen molar-refractivity contribution in [2.75, 3.05) is 25.1 Å². The summed E-state index contributed by atoms with van der Waals surface area (Å²) >= 11 is 9.04. The summed E-state index contributed by atoms with van der Waals surface area (Å²) in [4.78, 5) is 19.7. The number of rotatable bonds is 3. The molecule has 3 rings (SSSR count). The van der Waals surface area contributed by atoms with E-state index in [4.69, 9.17) is 16.3 Å². The Morgan fingerprint density at radius 3 is 3.00 bits per heavy atom. The van der Waals surface area contributed by atoms with E-state index in [9.17, 15) is 4.79 Å². The number of methoxy groups -OCH3 is 1. The molecule has 0 radical (unpaired) electrons. The van der Waals surface area contributed by atoms with Crippen molar-refractivity contribution in [3.8, 4) is 0 Å². The number of thiophene rings is 1. The quantitative estimate of drug-likeness (QED) is 0.794. The van der Waals surface area contributed by atoms with Crippen LogP contribution in [0.15, 0.2) is 23.6 Å². The summed E-state index contributed by atoms with van der Waals surface area (Å²) in [5, 5.41) is 3.07. The van der Waals surface area contributed by atoms with E-state index >= 15 is 0 Å². The second kappa shape index (κ2) is 6.17. The van der Waals surface area contributed by atoms with Gasteiger partial charge in [0.2, 0.25) is 0 Å². The predicted octanol–water partition coefficient (Wildman–Crippen LogP) is 3.94. The highest BCUT2D eigenvalue weighted by Crippen LogP contribution is 2.33. The number of nitrogens with zero attached hydrogens (tertiary/aromatic N) is 2. The first kappa shape index (κ1) is 14.6. The Kier molecular flexibility index (Phi) is 4.28. The van der Waals surface area contributed by atoms with Crippen LogP contribution in [0.1, 0.15) is 21.0 Å². The van der Waals surface area contributed by atoms with Gasteiger partial charge < -0.3 is 9.64 Å². The molecule has 7 heteroatoms. The van der Waals surface area contributed by atoms with Gasteiger partial charge in [-0.2, -0.15) is 0 Å². The Labute approximate surface area is 135 Å². The van der Waals surface area contributed by atoms with Gasteiger partial charge in [-0.25, -0.2) is 9.78 Å².